The summed E-state index contributed by atoms with van der Waals surface area (Å²) < 4.78 is 26.7. The van der Waals surface area contributed by atoms with E-state index >= 15 is 0 Å². The molecule has 1 heterocycles. The van der Waals surface area contributed by atoms with E-state index in [-0.39, 0.29) is 4.47 Å². The number of halogens is 3. The Morgan fingerprint density at radius 1 is 1.16 bits per heavy atom. The number of hydrogen-bond donors (Lipinski definition) is 1. The zero-order valence-corrected chi connectivity index (χ0v) is 11.5. The number of fused-ring (bicyclic) bond motifs is 1. The maximum Gasteiger partial charge on any atom is 0.173 e. The molecule has 2 aromatic rings. The van der Waals surface area contributed by atoms with Gasteiger partial charge in [-0.05, 0) is 47.3 Å². The smallest absolute Gasteiger partial charge is 0.173 e. The summed E-state index contributed by atoms with van der Waals surface area (Å²) >= 11 is 3.04. The van der Waals surface area contributed by atoms with Crippen molar-refractivity contribution in [2.75, 3.05) is 5.73 Å². The number of nitrogens with two attached hydrogens (primary N) is 1. The van der Waals surface area contributed by atoms with E-state index in [9.17, 15) is 8.78 Å². The molecule has 3 nitrogen and oxygen atoms in total. The Hall–Kier alpha value is -1.56. The second-order valence-electron chi connectivity index (χ2n) is 4.43. The van der Waals surface area contributed by atoms with Gasteiger partial charge in [0.05, 0.1) is 4.47 Å². The SMILES string of the molecule is Nc1nc(-c2ccc(F)c(F)c2Br)nc2c1CCC2. The fourth-order valence-corrected chi connectivity index (χ4v) is 2.78. The van der Waals surface area contributed by atoms with Gasteiger partial charge in [-0.25, -0.2) is 18.7 Å². The third-order valence-corrected chi connectivity index (χ3v) is 4.02. The molecule has 0 unspecified atom stereocenters. The van der Waals surface area contributed by atoms with Crippen molar-refractivity contribution < 1.29 is 8.78 Å². The summed E-state index contributed by atoms with van der Waals surface area (Å²) in [5.74, 6) is -1.11. The first-order chi connectivity index (χ1) is 9.08. The zero-order chi connectivity index (χ0) is 13.6. The Balaban J connectivity index is 2.18. The van der Waals surface area contributed by atoms with Crippen LogP contribution >= 0.6 is 15.9 Å². The van der Waals surface area contributed by atoms with Crippen molar-refractivity contribution in [2.45, 2.75) is 19.3 Å². The van der Waals surface area contributed by atoms with Crippen LogP contribution in [0, 0.1) is 11.6 Å². The number of rotatable bonds is 1. The highest BCUT2D eigenvalue weighted by atomic mass is 79.9. The van der Waals surface area contributed by atoms with Crippen LogP contribution in [-0.4, -0.2) is 9.97 Å². The molecule has 0 radical (unpaired) electrons. The van der Waals surface area contributed by atoms with Gasteiger partial charge in [0.25, 0.3) is 0 Å². The first-order valence-electron chi connectivity index (χ1n) is 5.87. The molecule has 1 aromatic carbocycles. The van der Waals surface area contributed by atoms with Crippen molar-refractivity contribution in [3.63, 3.8) is 0 Å². The predicted molar refractivity (Wildman–Crippen MR) is 71.5 cm³/mol. The minimum Gasteiger partial charge on any atom is -0.383 e. The van der Waals surface area contributed by atoms with Crippen LogP contribution in [0.5, 0.6) is 0 Å². The molecule has 2 N–H and O–H groups in total. The number of anilines is 1. The van der Waals surface area contributed by atoms with E-state index in [4.69, 9.17) is 5.73 Å². The molecular weight excluding hydrogens is 316 g/mol. The Morgan fingerprint density at radius 2 is 1.95 bits per heavy atom. The minimum absolute atomic E-state index is 0.0184. The molecule has 0 saturated carbocycles. The average molecular weight is 326 g/mol. The maximum atomic E-state index is 13.5. The molecule has 6 heteroatoms. The van der Waals surface area contributed by atoms with Crippen LogP contribution in [0.15, 0.2) is 16.6 Å². The van der Waals surface area contributed by atoms with Crippen LogP contribution in [0.1, 0.15) is 17.7 Å². The van der Waals surface area contributed by atoms with Crippen molar-refractivity contribution in [3.05, 3.63) is 39.5 Å². The van der Waals surface area contributed by atoms with Crippen LogP contribution in [0.25, 0.3) is 11.4 Å². The molecule has 0 amide bonds. The molecule has 0 bridgehead atoms. The summed E-state index contributed by atoms with van der Waals surface area (Å²) in [7, 11) is 0. The van der Waals surface area contributed by atoms with Crippen LogP contribution in [0.2, 0.25) is 0 Å². The highest BCUT2D eigenvalue weighted by molar-refractivity contribution is 9.10. The van der Waals surface area contributed by atoms with Gasteiger partial charge in [0.15, 0.2) is 17.5 Å². The standard InChI is InChI=1S/C13H10BrF2N3/c14-10-7(4-5-8(15)11(10)16)13-18-9-3-1-2-6(9)12(17)19-13/h4-5H,1-3H2,(H2,17,18,19). The lowest BCUT2D eigenvalue weighted by atomic mass is 10.1. The lowest BCUT2D eigenvalue weighted by Gasteiger charge is -2.09. The highest BCUT2D eigenvalue weighted by Crippen LogP contribution is 2.32. The van der Waals surface area contributed by atoms with Gasteiger partial charge in [0, 0.05) is 16.8 Å². The van der Waals surface area contributed by atoms with E-state index in [0.29, 0.717) is 17.2 Å². The van der Waals surface area contributed by atoms with Gasteiger partial charge >= 0.3 is 0 Å². The van der Waals surface area contributed by atoms with Gasteiger partial charge in [0.1, 0.15) is 5.82 Å². The molecule has 1 aromatic heterocycles. The van der Waals surface area contributed by atoms with Gasteiger partial charge in [0.2, 0.25) is 0 Å². The van der Waals surface area contributed by atoms with Crippen molar-refractivity contribution in [1.29, 1.82) is 0 Å². The van der Waals surface area contributed by atoms with Crippen molar-refractivity contribution in [1.82, 2.24) is 9.97 Å². The second kappa shape index (κ2) is 4.52. The zero-order valence-electron chi connectivity index (χ0n) is 9.88. The predicted octanol–water partition coefficient (Wildman–Crippen LogP) is 3.26. The van der Waals surface area contributed by atoms with E-state index in [1.54, 1.807) is 0 Å². The van der Waals surface area contributed by atoms with E-state index < -0.39 is 11.6 Å². The number of nitrogen functional groups attached to an aromatic ring is 1. The lowest BCUT2D eigenvalue weighted by Crippen LogP contribution is -2.03. The maximum absolute atomic E-state index is 13.5. The molecule has 0 saturated heterocycles. The Labute approximate surface area is 117 Å². The van der Waals surface area contributed by atoms with Crippen LogP contribution in [-0.2, 0) is 12.8 Å². The van der Waals surface area contributed by atoms with Crippen molar-refractivity contribution in [3.8, 4) is 11.4 Å². The molecule has 3 rings (SSSR count). The molecule has 98 valence electrons. The Kier molecular flexibility index (Phi) is 2.97. The van der Waals surface area contributed by atoms with Gasteiger partial charge in [-0.2, -0.15) is 0 Å². The molecule has 0 fully saturated rings. The summed E-state index contributed by atoms with van der Waals surface area (Å²) in [6, 6.07) is 2.50. The van der Waals surface area contributed by atoms with Gasteiger partial charge < -0.3 is 5.73 Å². The largest absolute Gasteiger partial charge is 0.383 e. The minimum atomic E-state index is -0.944. The summed E-state index contributed by atoms with van der Waals surface area (Å²) in [6.07, 6.45) is 2.72. The summed E-state index contributed by atoms with van der Waals surface area (Å²) in [5, 5.41) is 0. The van der Waals surface area contributed by atoms with Crippen molar-refractivity contribution in [2.24, 2.45) is 0 Å². The van der Waals surface area contributed by atoms with Gasteiger partial charge in [-0.1, -0.05) is 0 Å². The van der Waals surface area contributed by atoms with E-state index in [1.807, 2.05) is 0 Å². The Bertz CT molecular complexity index is 673. The highest BCUT2D eigenvalue weighted by Gasteiger charge is 2.20. The lowest BCUT2D eigenvalue weighted by molar-refractivity contribution is 0.504. The summed E-state index contributed by atoms with van der Waals surface area (Å²) in [4.78, 5) is 8.60. The molecule has 0 aliphatic heterocycles. The van der Waals surface area contributed by atoms with E-state index in [2.05, 4.69) is 25.9 Å². The van der Waals surface area contributed by atoms with Crippen LogP contribution < -0.4 is 5.73 Å². The first kappa shape index (κ1) is 12.5. The summed E-state index contributed by atoms with van der Waals surface area (Å²) in [5.41, 5.74) is 8.17. The van der Waals surface area contributed by atoms with Gasteiger partial charge in [-0.3, -0.25) is 0 Å². The second-order valence-corrected chi connectivity index (χ2v) is 5.23. The molecule has 1 aliphatic carbocycles. The molecule has 0 atom stereocenters. The molecule has 19 heavy (non-hydrogen) atoms. The first-order valence-corrected chi connectivity index (χ1v) is 6.66. The fourth-order valence-electron chi connectivity index (χ4n) is 2.28. The normalized spacial score (nSPS) is 13.6. The monoisotopic (exact) mass is 325 g/mol. The quantitative estimate of drug-likeness (QED) is 0.819. The van der Waals surface area contributed by atoms with E-state index in [0.717, 1.165) is 36.6 Å². The van der Waals surface area contributed by atoms with E-state index in [1.165, 1.54) is 6.07 Å². The number of aryl methyl sites for hydroxylation is 1. The number of aromatic nitrogens is 2. The third-order valence-electron chi connectivity index (χ3n) is 3.24. The molecule has 1 aliphatic rings. The molecule has 0 spiro atoms. The average Bonchev–Trinajstić information content (AvgIpc) is 2.85. The molecular formula is C13H10BrF2N3. The van der Waals surface area contributed by atoms with Gasteiger partial charge in [-0.15, -0.1) is 0 Å². The number of benzene rings is 1. The summed E-state index contributed by atoms with van der Waals surface area (Å²) in [6.45, 7) is 0. The Morgan fingerprint density at radius 3 is 2.74 bits per heavy atom. The number of hydrogen-bond acceptors (Lipinski definition) is 3. The number of nitrogens with zero attached hydrogens (tertiary/aromatic N) is 2. The topological polar surface area (TPSA) is 51.8 Å². The van der Waals surface area contributed by atoms with Crippen LogP contribution in [0.4, 0.5) is 14.6 Å². The van der Waals surface area contributed by atoms with Crippen LogP contribution in [0.3, 0.4) is 0 Å². The fraction of sp³-hybridized carbons (Fsp3) is 0.231. The third kappa shape index (κ3) is 2.00. The van der Waals surface area contributed by atoms with Crippen molar-refractivity contribution >= 4 is 21.7 Å².